The maximum Gasteiger partial charge on any atom is 0.314 e. The van der Waals surface area contributed by atoms with Crippen LogP contribution >= 0.6 is 0 Å². The summed E-state index contributed by atoms with van der Waals surface area (Å²) in [6, 6.07) is 0.639. The molecule has 0 fully saturated rings. The van der Waals surface area contributed by atoms with Gasteiger partial charge in [0.15, 0.2) is 0 Å². The van der Waals surface area contributed by atoms with Gasteiger partial charge < -0.3 is 15.7 Å². The van der Waals surface area contributed by atoms with Gasteiger partial charge in [0.1, 0.15) is 0 Å². The molecule has 0 aliphatic carbocycles. The third kappa shape index (κ3) is 8.74. The van der Waals surface area contributed by atoms with E-state index in [2.05, 4.69) is 43.2 Å². The van der Waals surface area contributed by atoms with Gasteiger partial charge in [0.05, 0.1) is 0 Å². The van der Waals surface area contributed by atoms with Crippen LogP contribution in [0.15, 0.2) is 0 Å². The number of urea groups is 1. The van der Waals surface area contributed by atoms with Crippen LogP contribution in [0.2, 0.25) is 0 Å². The fourth-order valence-electron chi connectivity index (χ4n) is 2.11. The number of nitrogens with zero attached hydrogens (tertiary/aromatic N) is 1. The van der Waals surface area contributed by atoms with Crippen LogP contribution in [0, 0.1) is 5.92 Å². The second-order valence-corrected chi connectivity index (χ2v) is 5.77. The summed E-state index contributed by atoms with van der Waals surface area (Å²) in [5, 5.41) is 14.1. The molecule has 0 aromatic rings. The lowest BCUT2D eigenvalue weighted by Crippen LogP contribution is -2.45. The van der Waals surface area contributed by atoms with Crippen molar-refractivity contribution in [2.75, 3.05) is 19.6 Å². The summed E-state index contributed by atoms with van der Waals surface area (Å²) < 4.78 is 0. The van der Waals surface area contributed by atoms with E-state index in [0.717, 1.165) is 6.54 Å². The SMILES string of the molecule is CC(CNC(=O)NCCN(C(C)C)C(C)C)CC(=O)O. The normalized spacial score (nSPS) is 12.8. The van der Waals surface area contributed by atoms with Crippen molar-refractivity contribution < 1.29 is 14.7 Å². The smallest absolute Gasteiger partial charge is 0.314 e. The number of carboxylic acid groups (broad SMARTS) is 1. The van der Waals surface area contributed by atoms with Crippen molar-refractivity contribution in [3.8, 4) is 0 Å². The minimum absolute atomic E-state index is 0.0642. The van der Waals surface area contributed by atoms with Gasteiger partial charge in [-0.25, -0.2) is 4.79 Å². The Morgan fingerprint density at radius 3 is 2.05 bits per heavy atom. The van der Waals surface area contributed by atoms with Crippen LogP contribution in [0.3, 0.4) is 0 Å². The van der Waals surface area contributed by atoms with Crippen LogP contribution in [-0.4, -0.2) is 53.7 Å². The Balaban J connectivity index is 3.85. The van der Waals surface area contributed by atoms with Crippen LogP contribution in [0.1, 0.15) is 41.0 Å². The number of carbonyl (C=O) groups is 2. The Morgan fingerprint density at radius 2 is 1.60 bits per heavy atom. The summed E-state index contributed by atoms with van der Waals surface area (Å²) in [5.74, 6) is -0.912. The van der Waals surface area contributed by atoms with Crippen molar-refractivity contribution in [2.45, 2.75) is 53.1 Å². The Kier molecular flexibility index (Phi) is 8.96. The first-order chi connectivity index (χ1) is 9.23. The zero-order chi connectivity index (χ0) is 15.7. The molecule has 6 nitrogen and oxygen atoms in total. The van der Waals surface area contributed by atoms with Crippen molar-refractivity contribution in [1.29, 1.82) is 0 Å². The van der Waals surface area contributed by atoms with Gasteiger partial charge in [0.2, 0.25) is 0 Å². The summed E-state index contributed by atoms with van der Waals surface area (Å²) in [6.07, 6.45) is 0.0642. The number of hydrogen-bond donors (Lipinski definition) is 3. The molecule has 0 aliphatic heterocycles. The van der Waals surface area contributed by atoms with Gasteiger partial charge >= 0.3 is 12.0 Å². The predicted octanol–water partition coefficient (Wildman–Crippen LogP) is 1.52. The van der Waals surface area contributed by atoms with Gasteiger partial charge in [-0.2, -0.15) is 0 Å². The summed E-state index contributed by atoms with van der Waals surface area (Å²) in [6.45, 7) is 12.1. The third-order valence-corrected chi connectivity index (χ3v) is 3.12. The minimum Gasteiger partial charge on any atom is -0.481 e. The molecule has 0 aromatic carbocycles. The molecule has 1 atom stereocenters. The van der Waals surface area contributed by atoms with Gasteiger partial charge in [0, 0.05) is 38.1 Å². The number of nitrogens with one attached hydrogen (secondary N) is 2. The molecule has 2 amide bonds. The first kappa shape index (κ1) is 18.7. The van der Waals surface area contributed by atoms with Crippen molar-refractivity contribution in [3.63, 3.8) is 0 Å². The van der Waals surface area contributed by atoms with Crippen molar-refractivity contribution in [3.05, 3.63) is 0 Å². The molecule has 1 unspecified atom stereocenters. The molecule has 118 valence electrons. The highest BCUT2D eigenvalue weighted by molar-refractivity contribution is 5.74. The topological polar surface area (TPSA) is 81.7 Å². The fraction of sp³-hybridized carbons (Fsp3) is 0.857. The predicted molar refractivity (Wildman–Crippen MR) is 79.8 cm³/mol. The van der Waals surface area contributed by atoms with Crippen molar-refractivity contribution >= 4 is 12.0 Å². The van der Waals surface area contributed by atoms with Crippen molar-refractivity contribution in [2.24, 2.45) is 5.92 Å². The lowest BCUT2D eigenvalue weighted by molar-refractivity contribution is -0.137. The molecule has 3 N–H and O–H groups in total. The molecule has 20 heavy (non-hydrogen) atoms. The van der Waals surface area contributed by atoms with E-state index in [4.69, 9.17) is 5.11 Å². The quantitative estimate of drug-likeness (QED) is 0.600. The van der Waals surface area contributed by atoms with Gasteiger partial charge in [-0.1, -0.05) is 6.92 Å². The summed E-state index contributed by atoms with van der Waals surface area (Å²) in [7, 11) is 0. The van der Waals surface area contributed by atoms with Crippen LogP contribution in [0.4, 0.5) is 4.79 Å². The van der Waals surface area contributed by atoms with Gasteiger partial charge in [0.25, 0.3) is 0 Å². The minimum atomic E-state index is -0.843. The standard InChI is InChI=1S/C14H29N3O3/c1-10(2)17(11(3)4)7-6-15-14(20)16-9-12(5)8-13(18)19/h10-12H,6-9H2,1-5H3,(H,18,19)(H2,15,16,20). The number of amides is 2. The molecule has 0 saturated heterocycles. The molecule has 0 bridgehead atoms. The number of carbonyl (C=O) groups excluding carboxylic acids is 1. The maximum absolute atomic E-state index is 11.6. The molecule has 6 heteroatoms. The zero-order valence-corrected chi connectivity index (χ0v) is 13.3. The van der Waals surface area contributed by atoms with Crippen LogP contribution < -0.4 is 10.6 Å². The van der Waals surface area contributed by atoms with E-state index >= 15 is 0 Å². The highest BCUT2D eigenvalue weighted by Crippen LogP contribution is 2.03. The highest BCUT2D eigenvalue weighted by Gasteiger charge is 2.13. The number of hydrogen-bond acceptors (Lipinski definition) is 3. The third-order valence-electron chi connectivity index (χ3n) is 3.12. The van der Waals surface area contributed by atoms with E-state index in [1.54, 1.807) is 6.92 Å². The second kappa shape index (κ2) is 9.58. The number of aliphatic carboxylic acids is 1. The molecule has 0 spiro atoms. The monoisotopic (exact) mass is 287 g/mol. The summed E-state index contributed by atoms with van der Waals surface area (Å²) >= 11 is 0. The van der Waals surface area contributed by atoms with E-state index in [-0.39, 0.29) is 18.4 Å². The Morgan fingerprint density at radius 1 is 1.05 bits per heavy atom. The number of carboxylic acids is 1. The second-order valence-electron chi connectivity index (χ2n) is 5.77. The molecule has 0 saturated carbocycles. The van der Waals surface area contributed by atoms with Gasteiger partial charge in [-0.3, -0.25) is 9.69 Å². The Labute approximate surface area is 121 Å². The van der Waals surface area contributed by atoms with E-state index in [1.807, 2.05) is 0 Å². The lowest BCUT2D eigenvalue weighted by Gasteiger charge is -2.30. The summed E-state index contributed by atoms with van der Waals surface area (Å²) in [4.78, 5) is 24.4. The molecule has 0 aromatic heterocycles. The maximum atomic E-state index is 11.6. The van der Waals surface area contributed by atoms with E-state index in [0.29, 0.717) is 25.2 Å². The molecule has 0 radical (unpaired) electrons. The average molecular weight is 287 g/mol. The summed E-state index contributed by atoms with van der Waals surface area (Å²) in [5.41, 5.74) is 0. The highest BCUT2D eigenvalue weighted by atomic mass is 16.4. The van der Waals surface area contributed by atoms with Crippen LogP contribution in [0.5, 0.6) is 0 Å². The lowest BCUT2D eigenvalue weighted by atomic mass is 10.1. The number of rotatable bonds is 9. The first-order valence-corrected chi connectivity index (χ1v) is 7.23. The molecule has 0 rings (SSSR count). The van der Waals surface area contributed by atoms with E-state index in [1.165, 1.54) is 0 Å². The van der Waals surface area contributed by atoms with E-state index < -0.39 is 5.97 Å². The molecular weight excluding hydrogens is 258 g/mol. The Bertz CT molecular complexity index is 298. The average Bonchev–Trinajstić information content (AvgIpc) is 2.30. The molecule has 0 aliphatic rings. The Hall–Kier alpha value is -1.30. The largest absolute Gasteiger partial charge is 0.481 e. The molecular formula is C14H29N3O3. The van der Waals surface area contributed by atoms with Gasteiger partial charge in [-0.05, 0) is 33.6 Å². The zero-order valence-electron chi connectivity index (χ0n) is 13.3. The van der Waals surface area contributed by atoms with E-state index in [9.17, 15) is 9.59 Å². The van der Waals surface area contributed by atoms with Crippen LogP contribution in [-0.2, 0) is 4.79 Å². The van der Waals surface area contributed by atoms with Crippen molar-refractivity contribution in [1.82, 2.24) is 15.5 Å². The van der Waals surface area contributed by atoms with Gasteiger partial charge in [-0.15, -0.1) is 0 Å². The molecule has 0 heterocycles. The fourth-order valence-corrected chi connectivity index (χ4v) is 2.11. The van der Waals surface area contributed by atoms with Crippen LogP contribution in [0.25, 0.3) is 0 Å². The first-order valence-electron chi connectivity index (χ1n) is 7.23.